The molecule has 0 aliphatic heterocycles. The monoisotopic (exact) mass is 160 g/mol. The van der Waals surface area contributed by atoms with Crippen molar-refractivity contribution >= 4 is 0 Å². The number of likely N-dealkylation sites (N-methyl/N-ethyl adjacent to an activating group) is 1. The van der Waals surface area contributed by atoms with E-state index >= 15 is 0 Å². The first-order chi connectivity index (χ1) is 4.63. The van der Waals surface area contributed by atoms with Crippen molar-refractivity contribution in [3.8, 4) is 0 Å². The lowest BCUT2D eigenvalue weighted by Crippen LogP contribution is -2.45. The first kappa shape index (κ1) is 10.9. The Morgan fingerprint density at radius 1 is 1.18 bits per heavy atom. The van der Waals surface area contributed by atoms with Crippen molar-refractivity contribution in [1.29, 1.82) is 0 Å². The zero-order valence-corrected chi connectivity index (χ0v) is 8.68. The smallest absolute Gasteiger partial charge is 0.108 e. The van der Waals surface area contributed by atoms with E-state index < -0.39 is 0 Å². The third kappa shape index (κ3) is 5.22. The molecular weight excluding hydrogens is 138 g/mol. The van der Waals surface area contributed by atoms with Crippen molar-refractivity contribution < 1.29 is 9.59 Å². The largest absolute Gasteiger partial charge is 0.387 e. The molecule has 0 heterocycles. The van der Waals surface area contributed by atoms with Crippen LogP contribution in [-0.2, 0) is 0 Å². The minimum absolute atomic E-state index is 0.00549. The van der Waals surface area contributed by atoms with E-state index in [1.807, 2.05) is 0 Å². The Hall–Kier alpha value is -0.0800. The number of hydrogen-bond acceptors (Lipinski definition) is 1. The van der Waals surface area contributed by atoms with E-state index in [-0.39, 0.29) is 11.5 Å². The number of nitrogens with zero attached hydrogens (tertiary/aromatic N) is 1. The average Bonchev–Trinajstić information content (AvgIpc) is 1.56. The molecule has 0 aliphatic carbocycles. The van der Waals surface area contributed by atoms with Crippen LogP contribution in [0, 0.1) is 5.41 Å². The molecule has 1 N–H and O–H groups in total. The van der Waals surface area contributed by atoms with Gasteiger partial charge in [-0.05, 0) is 5.41 Å². The van der Waals surface area contributed by atoms with Crippen LogP contribution in [0.15, 0.2) is 0 Å². The molecule has 11 heavy (non-hydrogen) atoms. The van der Waals surface area contributed by atoms with E-state index in [9.17, 15) is 5.11 Å². The fourth-order valence-corrected chi connectivity index (χ4v) is 0.793. The lowest BCUT2D eigenvalue weighted by atomic mass is 9.89. The molecule has 0 saturated carbocycles. The van der Waals surface area contributed by atoms with Crippen molar-refractivity contribution in [3.63, 3.8) is 0 Å². The van der Waals surface area contributed by atoms with Gasteiger partial charge in [-0.3, -0.25) is 0 Å². The second kappa shape index (κ2) is 3.11. The SMILES string of the molecule is CC(C)(C)C(O)C[N+](C)(C)C. The average molecular weight is 160 g/mol. The van der Waals surface area contributed by atoms with Crippen molar-refractivity contribution in [2.75, 3.05) is 27.7 Å². The fraction of sp³-hybridized carbons (Fsp3) is 1.00. The third-order valence-corrected chi connectivity index (χ3v) is 1.72. The maximum atomic E-state index is 9.71. The highest BCUT2D eigenvalue weighted by Crippen LogP contribution is 2.20. The van der Waals surface area contributed by atoms with Gasteiger partial charge >= 0.3 is 0 Å². The summed E-state index contributed by atoms with van der Waals surface area (Å²) in [6, 6.07) is 0. The van der Waals surface area contributed by atoms with Gasteiger partial charge < -0.3 is 9.59 Å². The normalized spacial score (nSPS) is 16.6. The van der Waals surface area contributed by atoms with Gasteiger partial charge in [0, 0.05) is 0 Å². The molecule has 2 nitrogen and oxygen atoms in total. The second-order valence-corrected chi connectivity index (χ2v) is 5.35. The standard InChI is InChI=1S/C9H22NO/c1-9(2,3)8(11)7-10(4,5)6/h8,11H,7H2,1-6H3/q+1. The molecule has 2 heteroatoms. The van der Waals surface area contributed by atoms with Gasteiger partial charge in [0.05, 0.1) is 21.1 Å². The van der Waals surface area contributed by atoms with Crippen LogP contribution in [0.2, 0.25) is 0 Å². The van der Waals surface area contributed by atoms with Gasteiger partial charge in [-0.25, -0.2) is 0 Å². The van der Waals surface area contributed by atoms with Gasteiger partial charge in [0.1, 0.15) is 12.6 Å². The molecule has 1 unspecified atom stereocenters. The van der Waals surface area contributed by atoms with E-state index in [2.05, 4.69) is 41.9 Å². The maximum Gasteiger partial charge on any atom is 0.108 e. The Bertz CT molecular complexity index is 119. The summed E-state index contributed by atoms with van der Waals surface area (Å²) in [6.45, 7) is 7.00. The summed E-state index contributed by atoms with van der Waals surface area (Å²) in [6.07, 6.45) is -0.220. The van der Waals surface area contributed by atoms with E-state index in [0.29, 0.717) is 0 Å². The summed E-state index contributed by atoms with van der Waals surface area (Å²) in [7, 11) is 6.28. The minimum Gasteiger partial charge on any atom is -0.387 e. The molecule has 0 aromatic rings. The molecule has 0 aromatic heterocycles. The van der Waals surface area contributed by atoms with E-state index in [4.69, 9.17) is 0 Å². The molecular formula is C9H22NO+. The van der Waals surface area contributed by atoms with Crippen LogP contribution in [0.4, 0.5) is 0 Å². The van der Waals surface area contributed by atoms with Crippen molar-refractivity contribution in [1.82, 2.24) is 0 Å². The van der Waals surface area contributed by atoms with E-state index in [1.54, 1.807) is 0 Å². The summed E-state index contributed by atoms with van der Waals surface area (Å²) in [5, 5.41) is 9.71. The predicted molar refractivity (Wildman–Crippen MR) is 48.4 cm³/mol. The Labute approximate surface area is 70.4 Å². The highest BCUT2D eigenvalue weighted by Gasteiger charge is 2.27. The molecule has 0 amide bonds. The van der Waals surface area contributed by atoms with E-state index in [1.165, 1.54) is 0 Å². The molecule has 0 aliphatic rings. The molecule has 0 fully saturated rings. The van der Waals surface area contributed by atoms with Crippen LogP contribution in [0.25, 0.3) is 0 Å². The summed E-state index contributed by atoms with van der Waals surface area (Å²) in [5.74, 6) is 0. The Balaban J connectivity index is 3.99. The van der Waals surface area contributed by atoms with Gasteiger partial charge in [-0.1, -0.05) is 20.8 Å². The molecule has 1 atom stereocenters. The third-order valence-electron chi connectivity index (χ3n) is 1.72. The number of aliphatic hydroxyl groups excluding tert-OH is 1. The molecule has 0 rings (SSSR count). The Kier molecular flexibility index (Phi) is 3.09. The summed E-state index contributed by atoms with van der Waals surface area (Å²) >= 11 is 0. The molecule has 0 spiro atoms. The molecule has 0 bridgehead atoms. The number of aliphatic hydroxyl groups is 1. The van der Waals surface area contributed by atoms with Crippen LogP contribution < -0.4 is 0 Å². The van der Waals surface area contributed by atoms with Gasteiger partial charge in [-0.2, -0.15) is 0 Å². The van der Waals surface area contributed by atoms with Gasteiger partial charge in [0.25, 0.3) is 0 Å². The van der Waals surface area contributed by atoms with Crippen LogP contribution in [-0.4, -0.2) is 43.4 Å². The molecule has 0 aromatic carbocycles. The van der Waals surface area contributed by atoms with Crippen LogP contribution in [0.1, 0.15) is 20.8 Å². The Morgan fingerprint density at radius 3 is 1.64 bits per heavy atom. The number of rotatable bonds is 2. The second-order valence-electron chi connectivity index (χ2n) is 5.35. The van der Waals surface area contributed by atoms with Gasteiger partial charge in [-0.15, -0.1) is 0 Å². The highest BCUT2D eigenvalue weighted by atomic mass is 16.3. The lowest BCUT2D eigenvalue weighted by Gasteiger charge is -2.33. The zero-order valence-electron chi connectivity index (χ0n) is 8.68. The van der Waals surface area contributed by atoms with Crippen molar-refractivity contribution in [2.45, 2.75) is 26.9 Å². The molecule has 68 valence electrons. The highest BCUT2D eigenvalue weighted by molar-refractivity contribution is 4.71. The first-order valence-corrected chi connectivity index (χ1v) is 4.11. The quantitative estimate of drug-likeness (QED) is 0.600. The van der Waals surface area contributed by atoms with Crippen LogP contribution in [0.3, 0.4) is 0 Å². The molecule has 0 radical (unpaired) electrons. The Morgan fingerprint density at radius 2 is 1.55 bits per heavy atom. The van der Waals surface area contributed by atoms with Crippen LogP contribution >= 0.6 is 0 Å². The minimum atomic E-state index is -0.220. The maximum absolute atomic E-state index is 9.71. The summed E-state index contributed by atoms with van der Waals surface area (Å²) in [4.78, 5) is 0. The molecule has 0 saturated heterocycles. The van der Waals surface area contributed by atoms with Gasteiger partial charge in [0.15, 0.2) is 0 Å². The lowest BCUT2D eigenvalue weighted by molar-refractivity contribution is -0.874. The number of quaternary nitrogens is 1. The predicted octanol–water partition coefficient (Wildman–Crippen LogP) is 1.10. The summed E-state index contributed by atoms with van der Waals surface area (Å²) in [5.41, 5.74) is 0.00549. The zero-order chi connectivity index (χ0) is 9.28. The van der Waals surface area contributed by atoms with E-state index in [0.717, 1.165) is 11.0 Å². The fourth-order valence-electron chi connectivity index (χ4n) is 0.793. The first-order valence-electron chi connectivity index (χ1n) is 4.11. The van der Waals surface area contributed by atoms with Crippen LogP contribution in [0.5, 0.6) is 0 Å². The van der Waals surface area contributed by atoms with Crippen molar-refractivity contribution in [3.05, 3.63) is 0 Å². The van der Waals surface area contributed by atoms with Gasteiger partial charge in [0.2, 0.25) is 0 Å². The topological polar surface area (TPSA) is 20.2 Å². The number of hydrogen-bond donors (Lipinski definition) is 1. The summed E-state index contributed by atoms with van der Waals surface area (Å²) < 4.78 is 0.818. The van der Waals surface area contributed by atoms with Crippen molar-refractivity contribution in [2.24, 2.45) is 5.41 Å².